The highest BCUT2D eigenvalue weighted by Gasteiger charge is 2.31. The van der Waals surface area contributed by atoms with Gasteiger partial charge in [-0.25, -0.2) is 0 Å². The summed E-state index contributed by atoms with van der Waals surface area (Å²) in [5, 5.41) is 2.76. The Bertz CT molecular complexity index is 502. The van der Waals surface area contributed by atoms with Gasteiger partial charge in [-0.15, -0.1) is 0 Å². The first-order valence-electron chi connectivity index (χ1n) is 7.35. The molecule has 0 spiro atoms. The summed E-state index contributed by atoms with van der Waals surface area (Å²) >= 11 is 0. The number of carbonyl (C=O) groups excluding carboxylic acids is 2. The standard InChI is InChI=1S/C16H23N3O2/c1-11(17)15(20)18-14-9-8-13(10-19(2)16(14)21)12-6-4-3-5-7-12/h3-7,11,13-14H,8-10,17H2,1-2H3,(H,18,20)/t11-,13-,14-/m0/s1. The summed E-state index contributed by atoms with van der Waals surface area (Å²) in [4.78, 5) is 25.8. The lowest BCUT2D eigenvalue weighted by Gasteiger charge is -2.22. The fourth-order valence-corrected chi connectivity index (χ4v) is 2.70. The van der Waals surface area contributed by atoms with E-state index in [0.29, 0.717) is 18.9 Å². The molecule has 1 aliphatic rings. The number of likely N-dealkylation sites (tertiary alicyclic amines) is 1. The lowest BCUT2D eigenvalue weighted by molar-refractivity contribution is -0.135. The largest absolute Gasteiger partial charge is 0.343 e. The van der Waals surface area contributed by atoms with E-state index in [2.05, 4.69) is 17.4 Å². The molecule has 5 nitrogen and oxygen atoms in total. The SMILES string of the molecule is C[C@H](N)C(=O)N[C@H]1CC[C@H](c2ccccc2)CN(C)C1=O. The Labute approximate surface area is 125 Å². The van der Waals surface area contributed by atoms with Crippen LogP contribution in [0.1, 0.15) is 31.2 Å². The summed E-state index contributed by atoms with van der Waals surface area (Å²) in [6.07, 6.45) is 1.51. The summed E-state index contributed by atoms with van der Waals surface area (Å²) in [5.41, 5.74) is 6.79. The van der Waals surface area contributed by atoms with Crippen molar-refractivity contribution in [1.82, 2.24) is 10.2 Å². The number of benzene rings is 1. The first-order valence-corrected chi connectivity index (χ1v) is 7.35. The van der Waals surface area contributed by atoms with Gasteiger partial charge in [0.2, 0.25) is 11.8 Å². The van der Waals surface area contributed by atoms with E-state index in [1.165, 1.54) is 5.56 Å². The van der Waals surface area contributed by atoms with Crippen molar-refractivity contribution in [3.05, 3.63) is 35.9 Å². The molecule has 1 aromatic carbocycles. The molecule has 0 aliphatic carbocycles. The molecule has 0 aromatic heterocycles. The van der Waals surface area contributed by atoms with Gasteiger partial charge in [0.05, 0.1) is 6.04 Å². The second-order valence-electron chi connectivity index (χ2n) is 5.75. The maximum atomic E-state index is 12.4. The van der Waals surface area contributed by atoms with Gasteiger partial charge >= 0.3 is 0 Å². The minimum Gasteiger partial charge on any atom is -0.343 e. The van der Waals surface area contributed by atoms with Crippen LogP contribution in [0.4, 0.5) is 0 Å². The Hall–Kier alpha value is -1.88. The molecule has 1 heterocycles. The molecule has 2 amide bonds. The quantitative estimate of drug-likeness (QED) is 0.866. The summed E-state index contributed by atoms with van der Waals surface area (Å²) in [5.74, 6) is -0.0142. The number of nitrogens with two attached hydrogens (primary N) is 1. The van der Waals surface area contributed by atoms with Crippen LogP contribution in [-0.2, 0) is 9.59 Å². The lowest BCUT2D eigenvalue weighted by Crippen LogP contribution is -2.50. The van der Waals surface area contributed by atoms with Crippen molar-refractivity contribution in [2.24, 2.45) is 5.73 Å². The average molecular weight is 289 g/mol. The van der Waals surface area contributed by atoms with Gasteiger partial charge in [-0.2, -0.15) is 0 Å². The topological polar surface area (TPSA) is 75.4 Å². The van der Waals surface area contributed by atoms with E-state index >= 15 is 0 Å². The second kappa shape index (κ2) is 6.72. The van der Waals surface area contributed by atoms with Gasteiger partial charge in [0, 0.05) is 19.5 Å². The van der Waals surface area contributed by atoms with E-state index < -0.39 is 12.1 Å². The smallest absolute Gasteiger partial charge is 0.244 e. The zero-order valence-corrected chi connectivity index (χ0v) is 12.6. The monoisotopic (exact) mass is 289 g/mol. The molecule has 0 saturated carbocycles. The van der Waals surface area contributed by atoms with Crippen LogP contribution in [0.5, 0.6) is 0 Å². The first kappa shape index (κ1) is 15.5. The Morgan fingerprint density at radius 1 is 1.33 bits per heavy atom. The van der Waals surface area contributed by atoms with Gasteiger partial charge in [-0.05, 0) is 25.3 Å². The summed E-state index contributed by atoms with van der Waals surface area (Å²) in [6, 6.07) is 9.11. The van der Waals surface area contributed by atoms with Crippen LogP contribution < -0.4 is 11.1 Å². The van der Waals surface area contributed by atoms with E-state index in [1.807, 2.05) is 18.2 Å². The van der Waals surface area contributed by atoms with Gasteiger partial charge < -0.3 is 16.0 Å². The number of hydrogen-bond donors (Lipinski definition) is 2. The van der Waals surface area contributed by atoms with Crippen LogP contribution >= 0.6 is 0 Å². The third-order valence-electron chi connectivity index (χ3n) is 3.97. The molecule has 0 bridgehead atoms. The van der Waals surface area contributed by atoms with Gasteiger partial charge in [0.1, 0.15) is 6.04 Å². The number of hydrogen-bond acceptors (Lipinski definition) is 3. The second-order valence-corrected chi connectivity index (χ2v) is 5.75. The number of rotatable bonds is 3. The fourth-order valence-electron chi connectivity index (χ4n) is 2.70. The van der Waals surface area contributed by atoms with Crippen LogP contribution in [0.15, 0.2) is 30.3 Å². The van der Waals surface area contributed by atoms with Crippen molar-refractivity contribution in [2.45, 2.75) is 37.8 Å². The Morgan fingerprint density at radius 2 is 2.00 bits per heavy atom. The zero-order valence-electron chi connectivity index (χ0n) is 12.6. The van der Waals surface area contributed by atoms with E-state index in [0.717, 1.165) is 6.42 Å². The Balaban J connectivity index is 2.09. The van der Waals surface area contributed by atoms with Crippen molar-refractivity contribution >= 4 is 11.8 Å². The van der Waals surface area contributed by atoms with E-state index in [1.54, 1.807) is 18.9 Å². The predicted molar refractivity (Wildman–Crippen MR) is 81.6 cm³/mol. The highest BCUT2D eigenvalue weighted by atomic mass is 16.2. The molecule has 114 valence electrons. The number of nitrogens with one attached hydrogen (secondary N) is 1. The Morgan fingerprint density at radius 3 is 2.62 bits per heavy atom. The maximum absolute atomic E-state index is 12.4. The summed E-state index contributed by atoms with van der Waals surface area (Å²) in [7, 11) is 1.79. The van der Waals surface area contributed by atoms with Crippen molar-refractivity contribution in [2.75, 3.05) is 13.6 Å². The summed E-state index contributed by atoms with van der Waals surface area (Å²) in [6.45, 7) is 2.29. The van der Waals surface area contributed by atoms with Crippen molar-refractivity contribution in [3.8, 4) is 0 Å². The highest BCUT2D eigenvalue weighted by molar-refractivity contribution is 5.89. The van der Waals surface area contributed by atoms with Crippen molar-refractivity contribution in [1.29, 1.82) is 0 Å². The number of likely N-dealkylation sites (N-methyl/N-ethyl adjacent to an activating group) is 1. The minimum absolute atomic E-state index is 0.0394. The average Bonchev–Trinajstić information content (AvgIpc) is 2.61. The van der Waals surface area contributed by atoms with Gasteiger partial charge in [-0.1, -0.05) is 30.3 Å². The zero-order chi connectivity index (χ0) is 15.4. The van der Waals surface area contributed by atoms with E-state index in [-0.39, 0.29) is 11.8 Å². The fraction of sp³-hybridized carbons (Fsp3) is 0.500. The third kappa shape index (κ3) is 3.82. The van der Waals surface area contributed by atoms with E-state index in [4.69, 9.17) is 5.73 Å². The summed E-state index contributed by atoms with van der Waals surface area (Å²) < 4.78 is 0. The number of amides is 2. The molecule has 1 aromatic rings. The minimum atomic E-state index is -0.601. The molecule has 0 radical (unpaired) electrons. The molecule has 3 N–H and O–H groups in total. The molecule has 1 aliphatic heterocycles. The van der Waals surface area contributed by atoms with Gasteiger partial charge in [0.15, 0.2) is 0 Å². The van der Waals surface area contributed by atoms with Gasteiger partial charge in [-0.3, -0.25) is 9.59 Å². The van der Waals surface area contributed by atoms with Crippen LogP contribution in [0.3, 0.4) is 0 Å². The first-order chi connectivity index (χ1) is 9.99. The molecule has 21 heavy (non-hydrogen) atoms. The number of carbonyl (C=O) groups is 2. The van der Waals surface area contributed by atoms with Crippen molar-refractivity contribution in [3.63, 3.8) is 0 Å². The normalized spacial score (nSPS) is 24.3. The molecule has 3 atom stereocenters. The Kier molecular flexibility index (Phi) is 4.96. The molecule has 5 heteroatoms. The molecular weight excluding hydrogens is 266 g/mol. The van der Waals surface area contributed by atoms with Crippen LogP contribution in [0.2, 0.25) is 0 Å². The highest BCUT2D eigenvalue weighted by Crippen LogP contribution is 2.26. The van der Waals surface area contributed by atoms with Crippen LogP contribution in [0, 0.1) is 0 Å². The molecule has 2 rings (SSSR count). The molecular formula is C16H23N3O2. The maximum Gasteiger partial charge on any atom is 0.244 e. The molecule has 1 saturated heterocycles. The predicted octanol–water partition coefficient (Wildman–Crippen LogP) is 0.854. The van der Waals surface area contributed by atoms with Crippen LogP contribution in [-0.4, -0.2) is 42.4 Å². The lowest BCUT2D eigenvalue weighted by atomic mass is 9.94. The van der Waals surface area contributed by atoms with Crippen molar-refractivity contribution < 1.29 is 9.59 Å². The molecule has 1 fully saturated rings. The molecule has 0 unspecified atom stereocenters. The number of nitrogens with zero attached hydrogens (tertiary/aromatic N) is 1. The third-order valence-corrected chi connectivity index (χ3v) is 3.97. The van der Waals surface area contributed by atoms with Crippen LogP contribution in [0.25, 0.3) is 0 Å². The van der Waals surface area contributed by atoms with Gasteiger partial charge in [0.25, 0.3) is 0 Å². The van der Waals surface area contributed by atoms with E-state index in [9.17, 15) is 9.59 Å².